The van der Waals surface area contributed by atoms with Gasteiger partial charge < -0.3 is 24.5 Å². The number of nitrogens with zero attached hydrogens (tertiary/aromatic N) is 1. The second-order valence-electron chi connectivity index (χ2n) is 7.31. The Balaban J connectivity index is 1.86. The Labute approximate surface area is 183 Å². The van der Waals surface area contributed by atoms with Crippen LogP contribution in [0.5, 0.6) is 11.5 Å². The van der Waals surface area contributed by atoms with Crippen molar-refractivity contribution in [2.24, 2.45) is 0 Å². The molecule has 2 N–H and O–H groups in total. The third kappa shape index (κ3) is 4.16. The highest BCUT2D eigenvalue weighted by Gasteiger charge is 2.29. The minimum absolute atomic E-state index is 0.0604. The maximum atomic E-state index is 14.3. The summed E-state index contributed by atoms with van der Waals surface area (Å²) in [5.41, 5.74) is 3.44. The van der Waals surface area contributed by atoms with Gasteiger partial charge in [-0.2, -0.15) is 0 Å². The third-order valence-corrected chi connectivity index (χ3v) is 5.32. The van der Waals surface area contributed by atoms with Crippen LogP contribution >= 0.6 is 0 Å². The van der Waals surface area contributed by atoms with E-state index in [4.69, 9.17) is 14.2 Å². The number of aromatic amines is 1. The average molecular weight is 443 g/mol. The van der Waals surface area contributed by atoms with Crippen molar-refractivity contribution >= 4 is 5.91 Å². The van der Waals surface area contributed by atoms with E-state index in [1.165, 1.54) is 13.2 Å². The lowest BCUT2D eigenvalue weighted by molar-refractivity contribution is 0.0945. The van der Waals surface area contributed by atoms with E-state index in [1.54, 1.807) is 25.6 Å². The number of benzene rings is 1. The van der Waals surface area contributed by atoms with Crippen LogP contribution in [0.3, 0.4) is 0 Å². The molecular formula is C23H23F2N3O4. The Morgan fingerprint density at radius 3 is 2.81 bits per heavy atom. The van der Waals surface area contributed by atoms with Crippen LogP contribution in [0.2, 0.25) is 0 Å². The van der Waals surface area contributed by atoms with Crippen LogP contribution in [-0.4, -0.2) is 49.9 Å². The van der Waals surface area contributed by atoms with Gasteiger partial charge in [-0.25, -0.2) is 8.78 Å². The lowest BCUT2D eigenvalue weighted by atomic mass is 9.94. The van der Waals surface area contributed by atoms with Crippen LogP contribution in [-0.2, 0) is 17.6 Å². The molecule has 0 fully saturated rings. The van der Waals surface area contributed by atoms with Gasteiger partial charge >= 0.3 is 0 Å². The van der Waals surface area contributed by atoms with Crippen molar-refractivity contribution in [3.8, 4) is 22.8 Å². The molecule has 32 heavy (non-hydrogen) atoms. The number of hydrogen-bond acceptors (Lipinski definition) is 5. The number of rotatable bonds is 8. The van der Waals surface area contributed by atoms with E-state index in [1.807, 2.05) is 0 Å². The lowest BCUT2D eigenvalue weighted by Crippen LogP contribution is -2.32. The molecule has 0 saturated carbocycles. The lowest BCUT2D eigenvalue weighted by Gasteiger charge is -2.16. The Morgan fingerprint density at radius 2 is 2.03 bits per heavy atom. The summed E-state index contributed by atoms with van der Waals surface area (Å²) in [7, 11) is 2.90. The minimum atomic E-state index is -0.801. The van der Waals surface area contributed by atoms with Gasteiger partial charge in [0.15, 0.2) is 11.6 Å². The number of pyridine rings is 1. The molecule has 3 aromatic rings. The number of H-pyrrole nitrogens is 1. The van der Waals surface area contributed by atoms with Crippen molar-refractivity contribution in [2.75, 3.05) is 34.0 Å². The predicted octanol–water partition coefficient (Wildman–Crippen LogP) is 3.27. The van der Waals surface area contributed by atoms with E-state index in [0.29, 0.717) is 59.9 Å². The maximum Gasteiger partial charge on any atom is 0.253 e. The van der Waals surface area contributed by atoms with E-state index in [0.717, 1.165) is 11.8 Å². The molecule has 1 aliphatic heterocycles. The molecule has 0 atom stereocenters. The Morgan fingerprint density at radius 1 is 1.19 bits per heavy atom. The fourth-order valence-corrected chi connectivity index (χ4v) is 3.95. The molecule has 0 aliphatic carbocycles. The fourth-order valence-electron chi connectivity index (χ4n) is 3.95. The first-order valence-corrected chi connectivity index (χ1v) is 10.1. The van der Waals surface area contributed by atoms with Crippen LogP contribution in [0.25, 0.3) is 11.3 Å². The molecule has 0 bridgehead atoms. The summed E-state index contributed by atoms with van der Waals surface area (Å²) in [6.45, 7) is 1.20. The highest BCUT2D eigenvalue weighted by atomic mass is 19.1. The molecular weight excluding hydrogens is 420 g/mol. The Bertz CT molecular complexity index is 1150. The van der Waals surface area contributed by atoms with E-state index in [2.05, 4.69) is 15.3 Å². The molecule has 1 aliphatic rings. The fraction of sp³-hybridized carbons (Fsp3) is 0.304. The Kier molecular flexibility index (Phi) is 6.36. The number of carbonyl (C=O) groups is 1. The van der Waals surface area contributed by atoms with Crippen LogP contribution < -0.4 is 14.8 Å². The average Bonchev–Trinajstić information content (AvgIpc) is 3.13. The van der Waals surface area contributed by atoms with Crippen LogP contribution in [0.1, 0.15) is 27.2 Å². The van der Waals surface area contributed by atoms with E-state index in [9.17, 15) is 13.6 Å². The number of fused-ring (bicyclic) bond motifs is 1. The van der Waals surface area contributed by atoms with Crippen molar-refractivity contribution < 1.29 is 27.8 Å². The first-order valence-electron chi connectivity index (χ1n) is 10.1. The van der Waals surface area contributed by atoms with Crippen LogP contribution in [0.4, 0.5) is 8.78 Å². The summed E-state index contributed by atoms with van der Waals surface area (Å²) in [5.74, 6) is -1.32. The summed E-state index contributed by atoms with van der Waals surface area (Å²) < 4.78 is 44.4. The molecule has 9 heteroatoms. The summed E-state index contributed by atoms with van der Waals surface area (Å²) in [6.07, 6.45) is 3.88. The highest BCUT2D eigenvalue weighted by molar-refractivity contribution is 6.00. The molecule has 168 valence electrons. The van der Waals surface area contributed by atoms with E-state index >= 15 is 0 Å². The molecule has 3 heterocycles. The van der Waals surface area contributed by atoms with Crippen molar-refractivity contribution in [3.05, 3.63) is 64.6 Å². The number of halogens is 2. The van der Waals surface area contributed by atoms with E-state index in [-0.39, 0.29) is 18.1 Å². The number of aromatic nitrogens is 2. The van der Waals surface area contributed by atoms with Crippen molar-refractivity contribution in [2.45, 2.75) is 12.8 Å². The number of hydrogen-bond donors (Lipinski definition) is 2. The molecule has 1 aromatic carbocycles. The minimum Gasteiger partial charge on any atom is -0.493 e. The summed E-state index contributed by atoms with van der Waals surface area (Å²) >= 11 is 0. The quantitative estimate of drug-likeness (QED) is 0.522. The van der Waals surface area contributed by atoms with Crippen LogP contribution in [0, 0.1) is 11.6 Å². The number of methoxy groups -OCH3 is 2. The molecule has 7 nitrogen and oxygen atoms in total. The standard InChI is InChI=1S/C23H23F2N3O4/c1-30-7-8-32-19-12-26-5-3-15(19)21-16(20-18(28-21)4-6-27-23(20)29)10-13-9-14(24)11-17(25)22(13)31-2/h3,5,9,11-12,28H,4,6-8,10H2,1-2H3,(H,27,29). The Hall–Kier alpha value is -3.46. The highest BCUT2D eigenvalue weighted by Crippen LogP contribution is 2.38. The predicted molar refractivity (Wildman–Crippen MR) is 113 cm³/mol. The number of amides is 1. The van der Waals surface area contributed by atoms with Gasteiger partial charge in [0.25, 0.3) is 5.91 Å². The smallest absolute Gasteiger partial charge is 0.253 e. The van der Waals surface area contributed by atoms with Gasteiger partial charge in [-0.05, 0) is 17.7 Å². The second-order valence-corrected chi connectivity index (χ2v) is 7.31. The molecule has 0 spiro atoms. The van der Waals surface area contributed by atoms with Crippen molar-refractivity contribution in [3.63, 3.8) is 0 Å². The molecule has 0 saturated heterocycles. The first kappa shape index (κ1) is 21.8. The monoisotopic (exact) mass is 443 g/mol. The molecule has 2 aromatic heterocycles. The molecule has 1 amide bonds. The second kappa shape index (κ2) is 9.35. The van der Waals surface area contributed by atoms with Crippen molar-refractivity contribution in [1.29, 1.82) is 0 Å². The van der Waals surface area contributed by atoms with Gasteiger partial charge in [-0.1, -0.05) is 0 Å². The van der Waals surface area contributed by atoms with Gasteiger partial charge in [0.05, 0.1) is 31.2 Å². The van der Waals surface area contributed by atoms with Crippen molar-refractivity contribution in [1.82, 2.24) is 15.3 Å². The zero-order chi connectivity index (χ0) is 22.7. The van der Waals surface area contributed by atoms with E-state index < -0.39 is 11.6 Å². The summed E-state index contributed by atoms with van der Waals surface area (Å²) in [4.78, 5) is 20.2. The molecule has 0 radical (unpaired) electrons. The zero-order valence-corrected chi connectivity index (χ0v) is 17.8. The normalized spacial score (nSPS) is 12.9. The number of carbonyl (C=O) groups excluding carboxylic acids is 1. The molecule has 4 rings (SSSR count). The largest absolute Gasteiger partial charge is 0.493 e. The topological polar surface area (TPSA) is 85.5 Å². The summed E-state index contributed by atoms with van der Waals surface area (Å²) in [5, 5.41) is 2.84. The van der Waals surface area contributed by atoms with Gasteiger partial charge in [-0.15, -0.1) is 0 Å². The zero-order valence-electron chi connectivity index (χ0n) is 17.8. The first-order chi connectivity index (χ1) is 15.5. The van der Waals surface area contributed by atoms with Crippen LogP contribution in [0.15, 0.2) is 30.6 Å². The summed E-state index contributed by atoms with van der Waals surface area (Å²) in [6, 6.07) is 3.76. The van der Waals surface area contributed by atoms with Gasteiger partial charge in [0, 0.05) is 55.6 Å². The SMILES string of the molecule is COCCOc1cnccc1-c1[nH]c2c(c1Cc1cc(F)cc(F)c1OC)C(=O)NCC2. The third-order valence-electron chi connectivity index (χ3n) is 5.32. The van der Waals surface area contributed by atoms with Gasteiger partial charge in [0.2, 0.25) is 0 Å². The van der Waals surface area contributed by atoms with Gasteiger partial charge in [-0.3, -0.25) is 9.78 Å². The number of nitrogens with one attached hydrogen (secondary N) is 2. The number of ether oxygens (including phenoxy) is 3. The van der Waals surface area contributed by atoms with Gasteiger partial charge in [0.1, 0.15) is 18.2 Å². The molecule has 0 unspecified atom stereocenters. The maximum absolute atomic E-state index is 14.3.